The summed E-state index contributed by atoms with van der Waals surface area (Å²) in [5.41, 5.74) is 3.87. The first-order valence-corrected chi connectivity index (χ1v) is 6.88. The van der Waals surface area contributed by atoms with Gasteiger partial charge in [-0.2, -0.15) is 0 Å². The maximum atomic E-state index is 10.9. The van der Waals surface area contributed by atoms with Crippen LogP contribution in [0, 0.1) is 20.8 Å². The van der Waals surface area contributed by atoms with E-state index in [2.05, 4.69) is 32.0 Å². The number of benzene rings is 2. The standard InChI is InChI=1S/C16H16O2S/c1-10-4-6-14(9-11(10)2)19-15-7-5-13(16(17)18)8-12(15)3/h4-9H,1-3H3,(H,17,18). The van der Waals surface area contributed by atoms with E-state index in [0.717, 1.165) is 10.5 Å². The number of carbonyl (C=O) groups is 1. The number of aromatic carboxylic acids is 1. The lowest BCUT2D eigenvalue weighted by Crippen LogP contribution is -1.96. The van der Waals surface area contributed by atoms with Crippen LogP contribution in [0.3, 0.4) is 0 Å². The summed E-state index contributed by atoms with van der Waals surface area (Å²) >= 11 is 1.66. The highest BCUT2D eigenvalue weighted by atomic mass is 32.2. The third-order valence-corrected chi connectivity index (χ3v) is 4.30. The molecule has 2 aromatic carbocycles. The molecule has 0 fully saturated rings. The number of aryl methyl sites for hydroxylation is 3. The molecular formula is C16H16O2S. The average molecular weight is 272 g/mol. The van der Waals surface area contributed by atoms with E-state index in [0.29, 0.717) is 5.56 Å². The average Bonchev–Trinajstić information content (AvgIpc) is 2.36. The summed E-state index contributed by atoms with van der Waals surface area (Å²) in [6.45, 7) is 6.13. The largest absolute Gasteiger partial charge is 0.478 e. The number of rotatable bonds is 3. The van der Waals surface area contributed by atoms with E-state index in [4.69, 9.17) is 5.11 Å². The highest BCUT2D eigenvalue weighted by Crippen LogP contribution is 2.31. The van der Waals surface area contributed by atoms with Gasteiger partial charge in [0.25, 0.3) is 0 Å². The van der Waals surface area contributed by atoms with Gasteiger partial charge in [-0.15, -0.1) is 0 Å². The van der Waals surface area contributed by atoms with E-state index < -0.39 is 5.97 Å². The molecule has 0 saturated heterocycles. The SMILES string of the molecule is Cc1ccc(Sc2ccc(C(=O)O)cc2C)cc1C. The smallest absolute Gasteiger partial charge is 0.335 e. The second kappa shape index (κ2) is 5.49. The van der Waals surface area contributed by atoms with Crippen molar-refractivity contribution in [3.63, 3.8) is 0 Å². The van der Waals surface area contributed by atoms with Gasteiger partial charge in [0.1, 0.15) is 0 Å². The molecule has 19 heavy (non-hydrogen) atoms. The first-order chi connectivity index (χ1) is 8.97. The van der Waals surface area contributed by atoms with E-state index in [1.165, 1.54) is 16.0 Å². The van der Waals surface area contributed by atoms with Crippen molar-refractivity contribution in [2.75, 3.05) is 0 Å². The van der Waals surface area contributed by atoms with Crippen LogP contribution in [0.1, 0.15) is 27.0 Å². The lowest BCUT2D eigenvalue weighted by atomic mass is 10.1. The quantitative estimate of drug-likeness (QED) is 0.896. The van der Waals surface area contributed by atoms with E-state index >= 15 is 0 Å². The summed E-state index contributed by atoms with van der Waals surface area (Å²) in [5.74, 6) is -0.883. The first-order valence-electron chi connectivity index (χ1n) is 6.06. The lowest BCUT2D eigenvalue weighted by Gasteiger charge is -2.08. The molecule has 0 radical (unpaired) electrons. The monoisotopic (exact) mass is 272 g/mol. The predicted molar refractivity (Wildman–Crippen MR) is 78.2 cm³/mol. The molecule has 0 atom stereocenters. The second-order valence-electron chi connectivity index (χ2n) is 4.63. The highest BCUT2D eigenvalue weighted by Gasteiger charge is 2.07. The Kier molecular flexibility index (Phi) is 3.96. The Bertz CT molecular complexity index is 633. The molecule has 1 N–H and O–H groups in total. The molecule has 0 amide bonds. The van der Waals surface area contributed by atoms with Gasteiger partial charge in [-0.1, -0.05) is 17.8 Å². The summed E-state index contributed by atoms with van der Waals surface area (Å²) in [4.78, 5) is 13.2. The van der Waals surface area contributed by atoms with E-state index in [1.54, 1.807) is 23.9 Å². The fourth-order valence-corrected chi connectivity index (χ4v) is 2.78. The molecule has 0 aromatic heterocycles. The Morgan fingerprint density at radius 2 is 1.68 bits per heavy atom. The number of carboxylic acid groups (broad SMARTS) is 1. The Balaban J connectivity index is 2.28. The van der Waals surface area contributed by atoms with Gasteiger partial charge in [-0.05, 0) is 67.8 Å². The maximum Gasteiger partial charge on any atom is 0.335 e. The van der Waals surface area contributed by atoms with Crippen LogP contribution < -0.4 is 0 Å². The van der Waals surface area contributed by atoms with Gasteiger partial charge in [0.15, 0.2) is 0 Å². The number of carboxylic acids is 1. The summed E-state index contributed by atoms with van der Waals surface area (Å²) in [5, 5.41) is 8.95. The summed E-state index contributed by atoms with van der Waals surface area (Å²) in [6.07, 6.45) is 0. The molecule has 0 spiro atoms. The van der Waals surface area contributed by atoms with Crippen LogP contribution in [0.5, 0.6) is 0 Å². The zero-order valence-electron chi connectivity index (χ0n) is 11.2. The van der Waals surface area contributed by atoms with Gasteiger partial charge in [-0.25, -0.2) is 4.79 Å². The Morgan fingerprint density at radius 3 is 2.26 bits per heavy atom. The topological polar surface area (TPSA) is 37.3 Å². The Morgan fingerprint density at radius 1 is 0.947 bits per heavy atom. The van der Waals surface area contributed by atoms with Crippen molar-refractivity contribution in [1.29, 1.82) is 0 Å². The molecule has 0 aliphatic carbocycles. The van der Waals surface area contributed by atoms with Gasteiger partial charge < -0.3 is 5.11 Å². The predicted octanol–water partition coefficient (Wildman–Crippen LogP) is 4.46. The molecule has 98 valence electrons. The molecule has 2 rings (SSSR count). The van der Waals surface area contributed by atoms with Crippen molar-refractivity contribution in [2.24, 2.45) is 0 Å². The summed E-state index contributed by atoms with van der Waals surface area (Å²) in [7, 11) is 0. The van der Waals surface area contributed by atoms with Gasteiger partial charge in [0, 0.05) is 9.79 Å². The fraction of sp³-hybridized carbons (Fsp3) is 0.188. The molecule has 2 aromatic rings. The number of hydrogen-bond donors (Lipinski definition) is 1. The molecule has 0 aliphatic rings. The molecular weight excluding hydrogens is 256 g/mol. The van der Waals surface area contributed by atoms with Crippen molar-refractivity contribution >= 4 is 17.7 Å². The van der Waals surface area contributed by atoms with E-state index in [-0.39, 0.29) is 0 Å². The zero-order valence-corrected chi connectivity index (χ0v) is 12.0. The maximum absolute atomic E-state index is 10.9. The Labute approximate surface area is 117 Å². The van der Waals surface area contributed by atoms with Crippen LogP contribution in [0.2, 0.25) is 0 Å². The number of hydrogen-bond acceptors (Lipinski definition) is 2. The van der Waals surface area contributed by atoms with Crippen LogP contribution in [0.4, 0.5) is 0 Å². The van der Waals surface area contributed by atoms with E-state index in [1.807, 2.05) is 13.0 Å². The van der Waals surface area contributed by atoms with Crippen molar-refractivity contribution in [3.8, 4) is 0 Å². The van der Waals surface area contributed by atoms with Gasteiger partial charge in [0.05, 0.1) is 5.56 Å². The minimum atomic E-state index is -0.883. The fourth-order valence-electron chi connectivity index (χ4n) is 1.80. The molecule has 0 bridgehead atoms. The van der Waals surface area contributed by atoms with Crippen molar-refractivity contribution in [1.82, 2.24) is 0 Å². The Hall–Kier alpha value is -1.74. The van der Waals surface area contributed by atoms with Crippen LogP contribution >= 0.6 is 11.8 Å². The third kappa shape index (κ3) is 3.18. The summed E-state index contributed by atoms with van der Waals surface area (Å²) in [6, 6.07) is 11.6. The third-order valence-electron chi connectivity index (χ3n) is 3.13. The first kappa shape index (κ1) is 13.7. The van der Waals surface area contributed by atoms with Crippen molar-refractivity contribution in [2.45, 2.75) is 30.6 Å². The molecule has 0 unspecified atom stereocenters. The zero-order chi connectivity index (χ0) is 14.0. The van der Waals surface area contributed by atoms with Gasteiger partial charge in [-0.3, -0.25) is 0 Å². The molecule has 0 aliphatic heterocycles. The minimum absolute atomic E-state index is 0.335. The summed E-state index contributed by atoms with van der Waals surface area (Å²) < 4.78 is 0. The van der Waals surface area contributed by atoms with Crippen molar-refractivity contribution < 1.29 is 9.90 Å². The van der Waals surface area contributed by atoms with Crippen LogP contribution in [-0.4, -0.2) is 11.1 Å². The molecule has 0 heterocycles. The van der Waals surface area contributed by atoms with Crippen LogP contribution in [0.15, 0.2) is 46.2 Å². The van der Waals surface area contributed by atoms with Gasteiger partial charge in [0.2, 0.25) is 0 Å². The molecule has 0 saturated carbocycles. The normalized spacial score (nSPS) is 10.5. The molecule has 3 heteroatoms. The van der Waals surface area contributed by atoms with Gasteiger partial charge >= 0.3 is 5.97 Å². The van der Waals surface area contributed by atoms with Crippen LogP contribution in [-0.2, 0) is 0 Å². The lowest BCUT2D eigenvalue weighted by molar-refractivity contribution is 0.0696. The molecule has 2 nitrogen and oxygen atoms in total. The second-order valence-corrected chi connectivity index (χ2v) is 5.75. The van der Waals surface area contributed by atoms with E-state index in [9.17, 15) is 4.79 Å². The van der Waals surface area contributed by atoms with Crippen molar-refractivity contribution in [3.05, 3.63) is 58.7 Å². The highest BCUT2D eigenvalue weighted by molar-refractivity contribution is 7.99. The van der Waals surface area contributed by atoms with Crippen LogP contribution in [0.25, 0.3) is 0 Å². The minimum Gasteiger partial charge on any atom is -0.478 e.